The number of hydrogen-bond donors (Lipinski definition) is 2. The van der Waals surface area contributed by atoms with Crippen LogP contribution in [0.25, 0.3) is 10.9 Å². The number of fused-ring (bicyclic) bond motifs is 1. The molecule has 2 aromatic carbocycles. The number of anilines is 1. The van der Waals surface area contributed by atoms with Gasteiger partial charge in [-0.3, -0.25) is 9.69 Å². The van der Waals surface area contributed by atoms with Crippen molar-refractivity contribution < 1.29 is 9.90 Å². The molecule has 1 aliphatic rings. The molecule has 1 amide bonds. The van der Waals surface area contributed by atoms with E-state index < -0.39 is 0 Å². The van der Waals surface area contributed by atoms with Gasteiger partial charge < -0.3 is 19.9 Å². The first-order chi connectivity index (χ1) is 16.4. The minimum absolute atomic E-state index is 0.0291. The largest absolute Gasteiger partial charge is 0.395 e. The predicted molar refractivity (Wildman–Crippen MR) is 140 cm³/mol. The van der Waals surface area contributed by atoms with Crippen molar-refractivity contribution in [1.82, 2.24) is 14.4 Å². The minimum Gasteiger partial charge on any atom is -0.395 e. The second kappa shape index (κ2) is 10.8. The number of benzene rings is 2. The molecule has 0 saturated carbocycles. The molecule has 1 aliphatic heterocycles. The Kier molecular flexibility index (Phi) is 7.81. The van der Waals surface area contributed by atoms with Crippen LogP contribution in [0.1, 0.15) is 40.5 Å². The van der Waals surface area contributed by atoms with Crippen LogP contribution in [-0.4, -0.2) is 64.7 Å². The van der Waals surface area contributed by atoms with E-state index in [1.165, 1.54) is 11.1 Å². The number of carbonyl (C=O) groups excluding carboxylic acids is 1. The Labute approximate surface area is 207 Å². The number of halogens is 1. The maximum atomic E-state index is 13.5. The summed E-state index contributed by atoms with van der Waals surface area (Å²) in [7, 11) is 0. The van der Waals surface area contributed by atoms with Gasteiger partial charge in [0.05, 0.1) is 22.8 Å². The number of aryl methyl sites for hydroxylation is 2. The summed E-state index contributed by atoms with van der Waals surface area (Å²) in [5, 5.41) is 14.5. The molecule has 2 N–H and O–H groups in total. The number of nitrogens with zero attached hydrogens (tertiary/aromatic N) is 3. The number of piperazine rings is 1. The van der Waals surface area contributed by atoms with Crippen molar-refractivity contribution >= 4 is 34.1 Å². The third kappa shape index (κ3) is 4.95. The van der Waals surface area contributed by atoms with Gasteiger partial charge in [-0.2, -0.15) is 0 Å². The zero-order chi connectivity index (χ0) is 24.2. The molecule has 0 radical (unpaired) electrons. The fourth-order valence-electron chi connectivity index (χ4n) is 4.83. The van der Waals surface area contributed by atoms with E-state index in [1.807, 2.05) is 30.0 Å². The molecule has 34 heavy (non-hydrogen) atoms. The number of carbonyl (C=O) groups is 1. The first kappa shape index (κ1) is 24.6. The molecule has 4 rings (SSSR count). The van der Waals surface area contributed by atoms with E-state index in [0.29, 0.717) is 36.8 Å². The first-order valence-electron chi connectivity index (χ1n) is 12.2. The summed E-state index contributed by atoms with van der Waals surface area (Å²) in [5.41, 5.74) is 6.14. The summed E-state index contributed by atoms with van der Waals surface area (Å²) in [5.74, 6) is 0.0291. The molecule has 6 nitrogen and oxygen atoms in total. The Hall–Kier alpha value is -2.54. The number of β-amino-alcohol motifs (C(OH)–C–C–N with tert-alkyl or cyclic N) is 1. The normalized spacial score (nSPS) is 14.7. The van der Waals surface area contributed by atoms with Crippen molar-refractivity contribution in [3.63, 3.8) is 0 Å². The summed E-state index contributed by atoms with van der Waals surface area (Å²) in [6, 6.07) is 12.3. The molecule has 1 aromatic heterocycles. The maximum absolute atomic E-state index is 13.5. The summed E-state index contributed by atoms with van der Waals surface area (Å²) in [6.07, 6.45) is 0.997. The van der Waals surface area contributed by atoms with Crippen molar-refractivity contribution in [3.8, 4) is 0 Å². The number of aliphatic hydroxyl groups is 1. The molecule has 0 spiro atoms. The van der Waals surface area contributed by atoms with Crippen molar-refractivity contribution in [3.05, 3.63) is 63.8 Å². The van der Waals surface area contributed by atoms with Crippen LogP contribution < -0.4 is 5.32 Å². The molecule has 1 saturated heterocycles. The van der Waals surface area contributed by atoms with Crippen molar-refractivity contribution in [1.29, 1.82) is 0 Å². The topological polar surface area (TPSA) is 60.7 Å². The average molecular weight is 483 g/mol. The maximum Gasteiger partial charge on any atom is 0.254 e. The lowest BCUT2D eigenvalue weighted by Gasteiger charge is -2.34. The molecule has 7 heteroatoms. The van der Waals surface area contributed by atoms with E-state index >= 15 is 0 Å². The summed E-state index contributed by atoms with van der Waals surface area (Å²) in [6.45, 7) is 11.5. The lowest BCUT2D eigenvalue weighted by Crippen LogP contribution is -2.49. The standard InChI is InChI=1S/C27H35ClN4O2/c1-4-9-32-20(3)25(28)23-16-22(27(34)31-12-10-30(11-13-31)14-15-33)17-24(26(23)32)29-18-21-8-6-5-7-19(21)2/h5-8,16-17,29,33H,4,9-15,18H2,1-3H3. The summed E-state index contributed by atoms with van der Waals surface area (Å²) < 4.78 is 2.26. The van der Waals surface area contributed by atoms with Crippen molar-refractivity contribution in [2.75, 3.05) is 44.6 Å². The Morgan fingerprint density at radius 2 is 1.82 bits per heavy atom. The number of rotatable bonds is 8. The first-order valence-corrected chi connectivity index (χ1v) is 12.6. The Morgan fingerprint density at radius 1 is 1.09 bits per heavy atom. The zero-order valence-corrected chi connectivity index (χ0v) is 21.2. The molecule has 0 unspecified atom stereocenters. The van der Waals surface area contributed by atoms with Gasteiger partial charge in [0.2, 0.25) is 0 Å². The second-order valence-electron chi connectivity index (χ2n) is 9.11. The Balaban J connectivity index is 1.70. The van der Waals surface area contributed by atoms with E-state index in [0.717, 1.165) is 48.3 Å². The van der Waals surface area contributed by atoms with Gasteiger partial charge in [-0.15, -0.1) is 0 Å². The van der Waals surface area contributed by atoms with Crippen molar-refractivity contribution in [2.45, 2.75) is 40.3 Å². The zero-order valence-electron chi connectivity index (χ0n) is 20.4. The van der Waals surface area contributed by atoms with Crippen LogP contribution in [0, 0.1) is 13.8 Å². The lowest BCUT2D eigenvalue weighted by molar-refractivity contribution is 0.0615. The smallest absolute Gasteiger partial charge is 0.254 e. The number of amides is 1. The average Bonchev–Trinajstić information content (AvgIpc) is 3.09. The van der Waals surface area contributed by atoms with Crippen LogP contribution >= 0.6 is 11.6 Å². The van der Waals surface area contributed by atoms with Gasteiger partial charge in [0.1, 0.15) is 0 Å². The molecular formula is C27H35ClN4O2. The van der Waals surface area contributed by atoms with E-state index in [4.69, 9.17) is 11.6 Å². The van der Waals surface area contributed by atoms with Crippen LogP contribution in [0.2, 0.25) is 5.02 Å². The molecule has 0 bridgehead atoms. The fraction of sp³-hybridized carbons (Fsp3) is 0.444. The monoisotopic (exact) mass is 482 g/mol. The number of nitrogens with one attached hydrogen (secondary N) is 1. The lowest BCUT2D eigenvalue weighted by atomic mass is 10.1. The van der Waals surface area contributed by atoms with Crippen LogP contribution in [0.5, 0.6) is 0 Å². The van der Waals surface area contributed by atoms with E-state index in [1.54, 1.807) is 0 Å². The second-order valence-corrected chi connectivity index (χ2v) is 9.49. The van der Waals surface area contributed by atoms with E-state index in [2.05, 4.69) is 46.8 Å². The van der Waals surface area contributed by atoms with Gasteiger partial charge in [-0.25, -0.2) is 0 Å². The van der Waals surface area contributed by atoms with Gasteiger partial charge >= 0.3 is 0 Å². The van der Waals surface area contributed by atoms with Gasteiger partial charge in [0, 0.05) is 62.5 Å². The predicted octanol–water partition coefficient (Wildman–Crippen LogP) is 4.68. The fourth-order valence-corrected chi connectivity index (χ4v) is 5.08. The molecule has 0 aliphatic carbocycles. The highest BCUT2D eigenvalue weighted by molar-refractivity contribution is 6.37. The highest BCUT2D eigenvalue weighted by Gasteiger charge is 2.24. The third-order valence-corrected chi connectivity index (χ3v) is 7.32. The number of aromatic nitrogens is 1. The van der Waals surface area contributed by atoms with Crippen molar-refractivity contribution in [2.24, 2.45) is 0 Å². The van der Waals surface area contributed by atoms with Crippen LogP contribution in [0.3, 0.4) is 0 Å². The van der Waals surface area contributed by atoms with E-state index in [9.17, 15) is 9.90 Å². The van der Waals surface area contributed by atoms with Crippen LogP contribution in [0.15, 0.2) is 36.4 Å². The summed E-state index contributed by atoms with van der Waals surface area (Å²) in [4.78, 5) is 17.6. The molecule has 2 heterocycles. The van der Waals surface area contributed by atoms with E-state index in [-0.39, 0.29) is 12.5 Å². The summed E-state index contributed by atoms with van der Waals surface area (Å²) >= 11 is 6.81. The molecule has 1 fully saturated rings. The van der Waals surface area contributed by atoms with Gasteiger partial charge in [0.25, 0.3) is 5.91 Å². The van der Waals surface area contributed by atoms with Gasteiger partial charge in [0.15, 0.2) is 0 Å². The minimum atomic E-state index is 0.0291. The third-order valence-electron chi connectivity index (χ3n) is 6.84. The Bertz CT molecular complexity index is 1170. The molecular weight excluding hydrogens is 448 g/mol. The number of aliphatic hydroxyl groups excluding tert-OH is 1. The quantitative estimate of drug-likeness (QED) is 0.489. The SMILES string of the molecule is CCCn1c(C)c(Cl)c2cc(C(=O)N3CCN(CCO)CC3)cc(NCc3ccccc3C)c21. The van der Waals surface area contributed by atoms with Gasteiger partial charge in [-0.05, 0) is 43.5 Å². The highest BCUT2D eigenvalue weighted by atomic mass is 35.5. The molecule has 0 atom stereocenters. The van der Waals surface area contributed by atoms with Crippen LogP contribution in [-0.2, 0) is 13.1 Å². The highest BCUT2D eigenvalue weighted by Crippen LogP contribution is 2.37. The Morgan fingerprint density at radius 3 is 2.50 bits per heavy atom. The van der Waals surface area contributed by atoms with Crippen LogP contribution in [0.4, 0.5) is 5.69 Å². The van der Waals surface area contributed by atoms with Gasteiger partial charge in [-0.1, -0.05) is 42.8 Å². The molecule has 3 aromatic rings. The number of hydrogen-bond acceptors (Lipinski definition) is 4. The molecule has 182 valence electrons.